The van der Waals surface area contributed by atoms with Crippen LogP contribution in [0.15, 0.2) is 40.9 Å². The number of rotatable bonds is 5. The van der Waals surface area contributed by atoms with Crippen molar-refractivity contribution >= 4 is 39.2 Å². The minimum Gasteiger partial charge on any atom is -0.493 e. The van der Waals surface area contributed by atoms with Gasteiger partial charge in [-0.05, 0) is 24.3 Å². The second-order valence-corrected chi connectivity index (χ2v) is 5.91. The molecule has 7 heteroatoms. The number of ether oxygens (including phenoxy) is 2. The van der Waals surface area contributed by atoms with Gasteiger partial charge in [0.25, 0.3) is 0 Å². The third-order valence-electron chi connectivity index (χ3n) is 3.10. The number of halogens is 2. The highest BCUT2D eigenvalue weighted by Gasteiger charge is 2.11. The molecule has 5 nitrogen and oxygen atoms in total. The highest BCUT2D eigenvalue weighted by Crippen LogP contribution is 2.30. The summed E-state index contributed by atoms with van der Waals surface area (Å²) in [5.41, 5.74) is 1.34. The van der Waals surface area contributed by atoms with Crippen LogP contribution in [-0.2, 0) is 6.54 Å². The maximum atomic E-state index is 12.0. The summed E-state index contributed by atoms with van der Waals surface area (Å²) in [5, 5.41) is 5.91. The van der Waals surface area contributed by atoms with Crippen molar-refractivity contribution in [2.45, 2.75) is 6.54 Å². The van der Waals surface area contributed by atoms with Crippen molar-refractivity contribution in [2.24, 2.45) is 0 Å². The van der Waals surface area contributed by atoms with Gasteiger partial charge in [-0.2, -0.15) is 0 Å². The number of urea groups is 1. The lowest BCUT2D eigenvalue weighted by molar-refractivity contribution is 0.251. The lowest BCUT2D eigenvalue weighted by Crippen LogP contribution is -2.28. The monoisotopic (exact) mass is 398 g/mol. The van der Waals surface area contributed by atoms with Gasteiger partial charge in [-0.3, -0.25) is 0 Å². The smallest absolute Gasteiger partial charge is 0.319 e. The van der Waals surface area contributed by atoms with E-state index in [1.165, 1.54) is 0 Å². The highest BCUT2D eigenvalue weighted by molar-refractivity contribution is 9.10. The Morgan fingerprint density at radius 1 is 1.22 bits per heavy atom. The minimum atomic E-state index is -0.362. The number of carbonyl (C=O) groups excluding carboxylic acids is 1. The van der Waals surface area contributed by atoms with Crippen molar-refractivity contribution in [1.82, 2.24) is 5.32 Å². The van der Waals surface area contributed by atoms with Crippen molar-refractivity contribution in [3.05, 3.63) is 51.5 Å². The number of amides is 2. The number of methoxy groups -OCH3 is 2. The number of hydrogen-bond donors (Lipinski definition) is 2. The Labute approximate surface area is 148 Å². The predicted octanol–water partition coefficient (Wildman–Crippen LogP) is 4.44. The molecule has 0 unspecified atom stereocenters. The van der Waals surface area contributed by atoms with Crippen LogP contribution in [0.1, 0.15) is 5.56 Å². The molecule has 0 aliphatic rings. The molecule has 0 aliphatic heterocycles. The van der Waals surface area contributed by atoms with Gasteiger partial charge in [0.1, 0.15) is 0 Å². The summed E-state index contributed by atoms with van der Waals surface area (Å²) >= 11 is 9.38. The van der Waals surface area contributed by atoms with Crippen LogP contribution < -0.4 is 20.1 Å². The van der Waals surface area contributed by atoms with Crippen molar-refractivity contribution in [3.8, 4) is 11.5 Å². The molecular formula is C16H16BrClN2O3. The fourth-order valence-electron chi connectivity index (χ4n) is 2.03. The first-order valence-electron chi connectivity index (χ1n) is 6.75. The van der Waals surface area contributed by atoms with Crippen LogP contribution in [0.2, 0.25) is 5.02 Å². The van der Waals surface area contributed by atoms with E-state index < -0.39 is 0 Å². The van der Waals surface area contributed by atoms with Gasteiger partial charge in [-0.1, -0.05) is 39.7 Å². The molecule has 2 rings (SSSR count). The molecule has 0 atom stereocenters. The van der Waals surface area contributed by atoms with Crippen LogP contribution in [0, 0.1) is 0 Å². The zero-order valence-electron chi connectivity index (χ0n) is 12.7. The van der Waals surface area contributed by atoms with E-state index in [1.54, 1.807) is 38.5 Å². The number of benzene rings is 2. The molecule has 2 aromatic rings. The molecule has 0 saturated heterocycles. The number of carbonyl (C=O) groups is 1. The lowest BCUT2D eigenvalue weighted by Gasteiger charge is -2.14. The van der Waals surface area contributed by atoms with Gasteiger partial charge in [-0.15, -0.1) is 0 Å². The maximum Gasteiger partial charge on any atom is 0.319 e. The zero-order valence-corrected chi connectivity index (χ0v) is 15.0. The van der Waals surface area contributed by atoms with Crippen molar-refractivity contribution in [2.75, 3.05) is 19.5 Å². The van der Waals surface area contributed by atoms with Crippen LogP contribution in [0.5, 0.6) is 11.5 Å². The Hall–Kier alpha value is -1.92. The summed E-state index contributed by atoms with van der Waals surface area (Å²) in [7, 11) is 3.13. The zero-order chi connectivity index (χ0) is 16.8. The van der Waals surface area contributed by atoms with Gasteiger partial charge in [0.05, 0.1) is 24.9 Å². The Morgan fingerprint density at radius 2 is 2.00 bits per heavy atom. The normalized spacial score (nSPS) is 10.1. The summed E-state index contributed by atoms with van der Waals surface area (Å²) < 4.78 is 11.4. The van der Waals surface area contributed by atoms with E-state index >= 15 is 0 Å². The number of anilines is 1. The first-order chi connectivity index (χ1) is 11.0. The van der Waals surface area contributed by atoms with E-state index in [0.717, 1.165) is 10.0 Å². The molecule has 0 saturated carbocycles. The molecule has 0 aliphatic carbocycles. The van der Waals surface area contributed by atoms with Crippen LogP contribution in [0.4, 0.5) is 10.5 Å². The predicted molar refractivity (Wildman–Crippen MR) is 94.6 cm³/mol. The summed E-state index contributed by atoms with van der Waals surface area (Å²) in [4.78, 5) is 12.0. The molecule has 0 heterocycles. The molecule has 0 bridgehead atoms. The van der Waals surface area contributed by atoms with Gasteiger partial charge >= 0.3 is 6.03 Å². The largest absolute Gasteiger partial charge is 0.493 e. The number of hydrogen-bond acceptors (Lipinski definition) is 3. The third kappa shape index (κ3) is 4.53. The average Bonchev–Trinajstić information content (AvgIpc) is 2.55. The van der Waals surface area contributed by atoms with Gasteiger partial charge in [0, 0.05) is 16.6 Å². The third-order valence-corrected chi connectivity index (χ3v) is 3.91. The first-order valence-corrected chi connectivity index (χ1v) is 7.92. The molecule has 0 aromatic heterocycles. The topological polar surface area (TPSA) is 59.6 Å². The van der Waals surface area contributed by atoms with Crippen molar-refractivity contribution in [3.63, 3.8) is 0 Å². The van der Waals surface area contributed by atoms with E-state index in [2.05, 4.69) is 26.6 Å². The van der Waals surface area contributed by atoms with E-state index in [4.69, 9.17) is 21.1 Å². The van der Waals surface area contributed by atoms with Gasteiger partial charge in [0.15, 0.2) is 11.5 Å². The summed E-state index contributed by atoms with van der Waals surface area (Å²) in [6.45, 7) is 0.292. The molecule has 2 N–H and O–H groups in total. The van der Waals surface area contributed by atoms with E-state index in [9.17, 15) is 4.79 Å². The molecule has 23 heavy (non-hydrogen) atoms. The molecular weight excluding hydrogens is 384 g/mol. The van der Waals surface area contributed by atoms with E-state index in [1.807, 2.05) is 12.1 Å². The molecule has 0 spiro atoms. The van der Waals surface area contributed by atoms with Crippen LogP contribution >= 0.6 is 27.5 Å². The second-order valence-electron chi connectivity index (χ2n) is 4.58. The van der Waals surface area contributed by atoms with Gasteiger partial charge in [-0.25, -0.2) is 4.79 Å². The van der Waals surface area contributed by atoms with Crippen LogP contribution in [0.3, 0.4) is 0 Å². The van der Waals surface area contributed by atoms with Crippen molar-refractivity contribution in [1.29, 1.82) is 0 Å². The summed E-state index contributed by atoms with van der Waals surface area (Å²) in [6.07, 6.45) is 0. The lowest BCUT2D eigenvalue weighted by atomic mass is 10.2. The molecule has 0 fully saturated rings. The highest BCUT2D eigenvalue weighted by atomic mass is 79.9. The summed E-state index contributed by atoms with van der Waals surface area (Å²) in [5.74, 6) is 1.21. The first kappa shape index (κ1) is 17.4. The fourth-order valence-corrected chi connectivity index (χ4v) is 2.75. The van der Waals surface area contributed by atoms with E-state index in [-0.39, 0.29) is 6.03 Å². The Kier molecular flexibility index (Phi) is 6.12. The number of para-hydroxylation sites is 1. The van der Waals surface area contributed by atoms with E-state index in [0.29, 0.717) is 28.8 Å². The van der Waals surface area contributed by atoms with Crippen LogP contribution in [0.25, 0.3) is 0 Å². The molecule has 122 valence electrons. The van der Waals surface area contributed by atoms with Gasteiger partial charge < -0.3 is 20.1 Å². The fraction of sp³-hybridized carbons (Fsp3) is 0.188. The SMILES string of the molecule is COc1cccc(CNC(=O)Nc2ccc(Br)cc2Cl)c1OC. The maximum absolute atomic E-state index is 12.0. The Balaban J connectivity index is 2.02. The quantitative estimate of drug-likeness (QED) is 0.781. The molecule has 0 radical (unpaired) electrons. The molecule has 2 amide bonds. The Bertz CT molecular complexity index is 710. The summed E-state index contributed by atoms with van der Waals surface area (Å²) in [6, 6.07) is 10.4. The average molecular weight is 400 g/mol. The second kappa shape index (κ2) is 8.08. The molecule has 2 aromatic carbocycles. The van der Waals surface area contributed by atoms with Crippen LogP contribution in [-0.4, -0.2) is 20.3 Å². The van der Waals surface area contributed by atoms with Crippen molar-refractivity contribution < 1.29 is 14.3 Å². The standard InChI is InChI=1S/C16H16BrClN2O3/c1-22-14-5-3-4-10(15(14)23-2)9-19-16(21)20-13-7-6-11(17)8-12(13)18/h3-8H,9H2,1-2H3,(H2,19,20,21). The van der Waals surface area contributed by atoms with Gasteiger partial charge in [0.2, 0.25) is 0 Å². The number of nitrogens with one attached hydrogen (secondary N) is 2. The Morgan fingerprint density at radius 3 is 2.65 bits per heavy atom. The minimum absolute atomic E-state index is 0.292.